The lowest BCUT2D eigenvalue weighted by atomic mass is 9.99. The average Bonchev–Trinajstić information content (AvgIpc) is 2.37. The fraction of sp³-hybridized carbons (Fsp3) is 0.583. The summed E-state index contributed by atoms with van der Waals surface area (Å²) in [5.41, 5.74) is 0. The summed E-state index contributed by atoms with van der Waals surface area (Å²) >= 11 is 5.81. The predicted molar refractivity (Wildman–Crippen MR) is 74.7 cm³/mol. The van der Waals surface area contributed by atoms with Gasteiger partial charge in [-0.1, -0.05) is 11.6 Å². The number of rotatable bonds is 4. The minimum atomic E-state index is -3.57. The Morgan fingerprint density at radius 2 is 2.37 bits per heavy atom. The number of pyridine rings is 1. The van der Waals surface area contributed by atoms with Crippen LogP contribution in [0.15, 0.2) is 23.2 Å². The molecular formula is C12H18ClN3O2S. The standard InChI is InChI=1S/C12H18ClN3O2S/c1-16-7-3-4-10(9-16)8-15-19(17,18)11-5-2-6-14-12(11)13/h2,5-6,10,15H,3-4,7-9H2,1H3. The van der Waals surface area contributed by atoms with Crippen LogP contribution in [0.2, 0.25) is 5.15 Å². The maximum Gasteiger partial charge on any atom is 0.243 e. The van der Waals surface area contributed by atoms with E-state index < -0.39 is 10.0 Å². The van der Waals surface area contributed by atoms with Gasteiger partial charge in [-0.15, -0.1) is 0 Å². The second kappa shape index (κ2) is 6.17. The van der Waals surface area contributed by atoms with Crippen molar-refractivity contribution in [2.75, 3.05) is 26.7 Å². The number of nitrogens with one attached hydrogen (secondary N) is 1. The number of halogens is 1. The van der Waals surface area contributed by atoms with Gasteiger partial charge in [-0.05, 0) is 44.5 Å². The van der Waals surface area contributed by atoms with Crippen LogP contribution in [0.1, 0.15) is 12.8 Å². The van der Waals surface area contributed by atoms with Gasteiger partial charge in [0.25, 0.3) is 0 Å². The first-order valence-corrected chi connectivity index (χ1v) is 8.14. The lowest BCUT2D eigenvalue weighted by molar-refractivity contribution is 0.211. The van der Waals surface area contributed by atoms with Crippen molar-refractivity contribution < 1.29 is 8.42 Å². The van der Waals surface area contributed by atoms with Gasteiger partial charge in [0, 0.05) is 19.3 Å². The Bertz CT molecular complexity index is 536. The van der Waals surface area contributed by atoms with Gasteiger partial charge in [0.05, 0.1) is 0 Å². The van der Waals surface area contributed by atoms with Crippen molar-refractivity contribution in [2.45, 2.75) is 17.7 Å². The van der Waals surface area contributed by atoms with Crippen molar-refractivity contribution in [2.24, 2.45) is 5.92 Å². The molecule has 0 spiro atoms. The molecule has 0 aliphatic carbocycles. The maximum absolute atomic E-state index is 12.1. The first kappa shape index (κ1) is 14.7. The highest BCUT2D eigenvalue weighted by Crippen LogP contribution is 2.19. The normalized spacial score (nSPS) is 21.5. The third-order valence-corrected chi connectivity index (χ3v) is 5.17. The van der Waals surface area contributed by atoms with Gasteiger partial charge in [0.15, 0.2) is 0 Å². The second-order valence-electron chi connectivity index (χ2n) is 4.91. The fourth-order valence-corrected chi connectivity index (χ4v) is 3.88. The summed E-state index contributed by atoms with van der Waals surface area (Å²) < 4.78 is 26.9. The Hall–Kier alpha value is -0.690. The van der Waals surface area contributed by atoms with E-state index in [2.05, 4.69) is 21.7 Å². The van der Waals surface area contributed by atoms with Crippen LogP contribution in [-0.2, 0) is 10.0 Å². The predicted octanol–water partition coefficient (Wildman–Crippen LogP) is 1.36. The Kier molecular flexibility index (Phi) is 4.78. The van der Waals surface area contributed by atoms with Crippen molar-refractivity contribution in [1.82, 2.24) is 14.6 Å². The van der Waals surface area contributed by atoms with Crippen molar-refractivity contribution in [3.63, 3.8) is 0 Å². The molecule has 1 saturated heterocycles. The molecule has 0 saturated carbocycles. The summed E-state index contributed by atoms with van der Waals surface area (Å²) in [4.78, 5) is 6.05. The first-order chi connectivity index (χ1) is 8.99. The number of sulfonamides is 1. The molecule has 1 aliphatic rings. The number of piperidine rings is 1. The largest absolute Gasteiger partial charge is 0.306 e. The molecule has 0 amide bonds. The van der Waals surface area contributed by atoms with Crippen molar-refractivity contribution in [3.8, 4) is 0 Å². The molecule has 106 valence electrons. The van der Waals surface area contributed by atoms with Gasteiger partial charge in [0.2, 0.25) is 10.0 Å². The zero-order valence-electron chi connectivity index (χ0n) is 10.8. The minimum absolute atomic E-state index is 0.00997. The zero-order valence-corrected chi connectivity index (χ0v) is 12.4. The highest BCUT2D eigenvalue weighted by molar-refractivity contribution is 7.89. The van der Waals surface area contributed by atoms with Crippen LogP contribution in [0, 0.1) is 5.92 Å². The van der Waals surface area contributed by atoms with Crippen LogP contribution in [-0.4, -0.2) is 45.0 Å². The van der Waals surface area contributed by atoms with E-state index >= 15 is 0 Å². The van der Waals surface area contributed by atoms with Gasteiger partial charge < -0.3 is 4.90 Å². The maximum atomic E-state index is 12.1. The quantitative estimate of drug-likeness (QED) is 0.853. The number of nitrogens with zero attached hydrogens (tertiary/aromatic N) is 2. The summed E-state index contributed by atoms with van der Waals surface area (Å²) in [5, 5.41) is 0.00997. The molecule has 0 radical (unpaired) electrons. The van der Waals surface area contributed by atoms with Gasteiger partial charge >= 0.3 is 0 Å². The molecule has 1 aromatic heterocycles. The van der Waals surface area contributed by atoms with Gasteiger partial charge in [-0.2, -0.15) is 0 Å². The van der Waals surface area contributed by atoms with Crippen LogP contribution in [0.3, 0.4) is 0 Å². The van der Waals surface area contributed by atoms with E-state index in [1.165, 1.54) is 12.3 Å². The van der Waals surface area contributed by atoms with E-state index in [-0.39, 0.29) is 10.0 Å². The van der Waals surface area contributed by atoms with E-state index in [1.54, 1.807) is 6.07 Å². The third-order valence-electron chi connectivity index (χ3n) is 3.30. The van der Waals surface area contributed by atoms with Crippen molar-refractivity contribution in [3.05, 3.63) is 23.5 Å². The fourth-order valence-electron chi connectivity index (χ4n) is 2.32. The molecule has 1 unspecified atom stereocenters. The Morgan fingerprint density at radius 1 is 1.58 bits per heavy atom. The SMILES string of the molecule is CN1CCCC(CNS(=O)(=O)c2cccnc2Cl)C1. The van der Waals surface area contributed by atoms with Crippen LogP contribution < -0.4 is 4.72 Å². The van der Waals surface area contributed by atoms with E-state index in [0.717, 1.165) is 25.9 Å². The monoisotopic (exact) mass is 303 g/mol. The van der Waals surface area contributed by atoms with Crippen LogP contribution in [0.4, 0.5) is 0 Å². The molecule has 19 heavy (non-hydrogen) atoms. The van der Waals surface area contributed by atoms with Crippen molar-refractivity contribution >= 4 is 21.6 Å². The molecule has 1 aromatic rings. The summed E-state index contributed by atoms with van der Waals surface area (Å²) in [6.45, 7) is 2.44. The molecule has 5 nitrogen and oxygen atoms in total. The zero-order chi connectivity index (χ0) is 13.9. The second-order valence-corrected chi connectivity index (χ2v) is 7.01. The minimum Gasteiger partial charge on any atom is -0.306 e. The van der Waals surface area contributed by atoms with E-state index in [1.807, 2.05) is 0 Å². The lowest BCUT2D eigenvalue weighted by Crippen LogP contribution is -2.39. The summed E-state index contributed by atoms with van der Waals surface area (Å²) in [7, 11) is -1.52. The molecule has 2 rings (SSSR count). The molecule has 1 N–H and O–H groups in total. The van der Waals surface area contributed by atoms with Crippen LogP contribution >= 0.6 is 11.6 Å². The van der Waals surface area contributed by atoms with Crippen LogP contribution in [0.25, 0.3) is 0 Å². The lowest BCUT2D eigenvalue weighted by Gasteiger charge is -2.29. The van der Waals surface area contributed by atoms with Crippen molar-refractivity contribution in [1.29, 1.82) is 0 Å². The summed E-state index contributed by atoms with van der Waals surface area (Å²) in [6.07, 6.45) is 3.63. The average molecular weight is 304 g/mol. The number of aromatic nitrogens is 1. The molecule has 1 aliphatic heterocycles. The smallest absolute Gasteiger partial charge is 0.243 e. The van der Waals surface area contributed by atoms with E-state index in [0.29, 0.717) is 12.5 Å². The molecule has 7 heteroatoms. The topological polar surface area (TPSA) is 62.3 Å². The van der Waals surface area contributed by atoms with Gasteiger partial charge in [-0.25, -0.2) is 18.1 Å². The molecular weight excluding hydrogens is 286 g/mol. The number of hydrogen-bond acceptors (Lipinski definition) is 4. The van der Waals surface area contributed by atoms with E-state index in [9.17, 15) is 8.42 Å². The van der Waals surface area contributed by atoms with Gasteiger partial charge in [0.1, 0.15) is 10.0 Å². The molecule has 1 atom stereocenters. The highest BCUT2D eigenvalue weighted by atomic mass is 35.5. The molecule has 1 fully saturated rings. The third kappa shape index (κ3) is 3.89. The number of hydrogen-bond donors (Lipinski definition) is 1. The Labute approximate surface area is 119 Å². The highest BCUT2D eigenvalue weighted by Gasteiger charge is 2.22. The summed E-state index contributed by atoms with van der Waals surface area (Å²) in [5.74, 6) is 0.351. The molecule has 0 aromatic carbocycles. The van der Waals surface area contributed by atoms with Crippen LogP contribution in [0.5, 0.6) is 0 Å². The summed E-state index contributed by atoms with van der Waals surface area (Å²) in [6, 6.07) is 3.03. The first-order valence-electron chi connectivity index (χ1n) is 6.28. The molecule has 0 bridgehead atoms. The van der Waals surface area contributed by atoms with E-state index in [4.69, 9.17) is 11.6 Å². The van der Waals surface area contributed by atoms with Gasteiger partial charge in [-0.3, -0.25) is 0 Å². The Morgan fingerprint density at radius 3 is 3.05 bits per heavy atom. The molecule has 2 heterocycles. The Balaban J connectivity index is 2.00. The number of likely N-dealkylation sites (tertiary alicyclic amines) is 1.